The lowest BCUT2D eigenvalue weighted by molar-refractivity contribution is -0.124. The van der Waals surface area contributed by atoms with Crippen LogP contribution in [0.15, 0.2) is 36.4 Å². The topological polar surface area (TPSA) is 67.4 Å². The van der Waals surface area contributed by atoms with E-state index in [9.17, 15) is 9.59 Å². The molecular formula is C18H15Cl3N2O3. The number of nitrogens with one attached hydrogen (secondary N) is 2. The van der Waals surface area contributed by atoms with Gasteiger partial charge in [0.2, 0.25) is 0 Å². The van der Waals surface area contributed by atoms with E-state index in [1.165, 1.54) is 12.1 Å². The number of amides is 2. The number of hydrogen-bond acceptors (Lipinski definition) is 3. The van der Waals surface area contributed by atoms with Crippen LogP contribution in [-0.2, 0) is 9.53 Å². The normalized spacial score (nSPS) is 16.3. The van der Waals surface area contributed by atoms with Crippen LogP contribution in [0.25, 0.3) is 0 Å². The highest BCUT2D eigenvalue weighted by molar-refractivity contribution is 6.44. The van der Waals surface area contributed by atoms with Crippen molar-refractivity contribution in [2.75, 3.05) is 17.2 Å². The lowest BCUT2D eigenvalue weighted by Gasteiger charge is -2.12. The van der Waals surface area contributed by atoms with Gasteiger partial charge in [-0.1, -0.05) is 40.9 Å². The minimum atomic E-state index is -0.442. The summed E-state index contributed by atoms with van der Waals surface area (Å²) < 4.78 is 5.35. The van der Waals surface area contributed by atoms with Crippen molar-refractivity contribution in [3.05, 3.63) is 57.0 Å². The van der Waals surface area contributed by atoms with Crippen LogP contribution in [0.2, 0.25) is 15.1 Å². The second kappa shape index (κ2) is 8.27. The number of benzene rings is 2. The average Bonchev–Trinajstić information content (AvgIpc) is 3.14. The first kappa shape index (κ1) is 19.0. The zero-order valence-corrected chi connectivity index (χ0v) is 15.8. The van der Waals surface area contributed by atoms with Crippen LogP contribution < -0.4 is 10.6 Å². The molecule has 2 amide bonds. The molecule has 26 heavy (non-hydrogen) atoms. The Hall–Kier alpha value is -1.79. The molecule has 2 aromatic rings. The highest BCUT2D eigenvalue weighted by Gasteiger charge is 2.23. The number of hydrogen-bond donors (Lipinski definition) is 2. The van der Waals surface area contributed by atoms with Crippen LogP contribution >= 0.6 is 34.8 Å². The predicted molar refractivity (Wildman–Crippen MR) is 103 cm³/mol. The maximum atomic E-state index is 12.5. The molecule has 136 valence electrons. The molecule has 1 unspecified atom stereocenters. The summed E-state index contributed by atoms with van der Waals surface area (Å²) in [5.41, 5.74) is 1.22. The smallest absolute Gasteiger partial charge is 0.255 e. The molecule has 1 fully saturated rings. The Morgan fingerprint density at radius 2 is 1.77 bits per heavy atom. The molecule has 1 aliphatic rings. The van der Waals surface area contributed by atoms with E-state index in [1.807, 2.05) is 0 Å². The van der Waals surface area contributed by atoms with Crippen molar-refractivity contribution >= 4 is 58.0 Å². The predicted octanol–water partition coefficient (Wildman–Crippen LogP) is 5.02. The Bertz CT molecular complexity index is 852. The molecule has 5 nitrogen and oxygen atoms in total. The molecule has 1 atom stereocenters. The highest BCUT2D eigenvalue weighted by atomic mass is 35.5. The van der Waals surface area contributed by atoms with Gasteiger partial charge in [0.05, 0.1) is 20.8 Å². The fraction of sp³-hybridized carbons (Fsp3) is 0.222. The monoisotopic (exact) mass is 412 g/mol. The molecule has 1 saturated heterocycles. The Balaban J connectivity index is 1.72. The van der Waals surface area contributed by atoms with Gasteiger partial charge >= 0.3 is 0 Å². The standard InChI is InChI=1S/C18H15Cl3N2O3/c19-12-8-14(21)15(9-13(12)20)23-17(24)10-3-1-4-11(7-10)22-18(25)16-5-2-6-26-16/h1,3-4,7-9,16H,2,5-6H2,(H,22,25)(H,23,24). The van der Waals surface area contributed by atoms with Crippen LogP contribution in [0, 0.1) is 0 Å². The summed E-state index contributed by atoms with van der Waals surface area (Å²) >= 11 is 17.9. The van der Waals surface area contributed by atoms with E-state index >= 15 is 0 Å². The fourth-order valence-corrected chi connectivity index (χ4v) is 3.15. The summed E-state index contributed by atoms with van der Waals surface area (Å²) in [7, 11) is 0. The third-order valence-electron chi connectivity index (χ3n) is 3.87. The molecule has 0 aliphatic carbocycles. The van der Waals surface area contributed by atoms with Crippen molar-refractivity contribution < 1.29 is 14.3 Å². The second-order valence-electron chi connectivity index (χ2n) is 5.77. The van der Waals surface area contributed by atoms with Crippen molar-refractivity contribution in [3.8, 4) is 0 Å². The molecule has 0 bridgehead atoms. The highest BCUT2D eigenvalue weighted by Crippen LogP contribution is 2.32. The number of ether oxygens (including phenoxy) is 1. The minimum Gasteiger partial charge on any atom is -0.368 e. The molecule has 8 heteroatoms. The van der Waals surface area contributed by atoms with E-state index in [1.54, 1.807) is 24.3 Å². The van der Waals surface area contributed by atoms with E-state index < -0.39 is 12.0 Å². The third-order valence-corrected chi connectivity index (χ3v) is 4.91. The molecule has 2 N–H and O–H groups in total. The SMILES string of the molecule is O=C(Nc1cc(Cl)c(Cl)cc1Cl)c1cccc(NC(=O)C2CCCO2)c1. The van der Waals surface area contributed by atoms with Gasteiger partial charge in [0.25, 0.3) is 11.8 Å². The molecule has 3 rings (SSSR count). The van der Waals surface area contributed by atoms with E-state index in [2.05, 4.69) is 10.6 Å². The quantitative estimate of drug-likeness (QED) is 0.692. The van der Waals surface area contributed by atoms with Gasteiger partial charge in [0, 0.05) is 17.9 Å². The van der Waals surface area contributed by atoms with Gasteiger partial charge in [-0.25, -0.2) is 0 Å². The largest absolute Gasteiger partial charge is 0.368 e. The van der Waals surface area contributed by atoms with Crippen molar-refractivity contribution in [1.29, 1.82) is 0 Å². The summed E-state index contributed by atoms with van der Waals surface area (Å²) in [6.07, 6.45) is 1.12. The summed E-state index contributed by atoms with van der Waals surface area (Å²) in [4.78, 5) is 24.6. The number of carbonyl (C=O) groups excluding carboxylic acids is 2. The van der Waals surface area contributed by atoms with E-state index in [-0.39, 0.29) is 16.0 Å². The zero-order chi connectivity index (χ0) is 18.7. The molecular weight excluding hydrogens is 399 g/mol. The van der Waals surface area contributed by atoms with Gasteiger partial charge in [-0.2, -0.15) is 0 Å². The number of halogens is 3. The van der Waals surface area contributed by atoms with Gasteiger partial charge in [-0.15, -0.1) is 0 Å². The van der Waals surface area contributed by atoms with Crippen LogP contribution in [0.3, 0.4) is 0 Å². The van der Waals surface area contributed by atoms with Crippen LogP contribution in [0.1, 0.15) is 23.2 Å². The molecule has 0 saturated carbocycles. The fourth-order valence-electron chi connectivity index (χ4n) is 2.56. The lowest BCUT2D eigenvalue weighted by Crippen LogP contribution is -2.27. The lowest BCUT2D eigenvalue weighted by atomic mass is 10.1. The molecule has 0 spiro atoms. The Morgan fingerprint density at radius 1 is 1.00 bits per heavy atom. The molecule has 1 heterocycles. The van der Waals surface area contributed by atoms with Crippen molar-refractivity contribution in [2.24, 2.45) is 0 Å². The molecule has 0 aromatic heterocycles. The van der Waals surface area contributed by atoms with Gasteiger partial charge in [0.15, 0.2) is 0 Å². The van der Waals surface area contributed by atoms with Crippen molar-refractivity contribution in [2.45, 2.75) is 18.9 Å². The third kappa shape index (κ3) is 4.48. The molecule has 1 aliphatic heterocycles. The van der Waals surface area contributed by atoms with Crippen molar-refractivity contribution in [1.82, 2.24) is 0 Å². The Labute approximate surface area is 165 Å². The van der Waals surface area contributed by atoms with Gasteiger partial charge in [-0.05, 0) is 43.2 Å². The maximum Gasteiger partial charge on any atom is 0.255 e. The summed E-state index contributed by atoms with van der Waals surface area (Å²) in [6, 6.07) is 9.52. The second-order valence-corrected chi connectivity index (χ2v) is 6.99. The van der Waals surface area contributed by atoms with Crippen LogP contribution in [0.4, 0.5) is 11.4 Å². The Kier molecular flexibility index (Phi) is 6.04. The number of anilines is 2. The first-order chi connectivity index (χ1) is 12.4. The number of carbonyl (C=O) groups is 2. The van der Waals surface area contributed by atoms with E-state index in [0.29, 0.717) is 35.0 Å². The molecule has 2 aromatic carbocycles. The summed E-state index contributed by atoms with van der Waals surface area (Å²) in [5, 5.41) is 6.30. The average molecular weight is 414 g/mol. The van der Waals surface area contributed by atoms with Crippen LogP contribution in [-0.4, -0.2) is 24.5 Å². The van der Waals surface area contributed by atoms with E-state index in [0.717, 1.165) is 6.42 Å². The molecule has 0 radical (unpaired) electrons. The summed E-state index contributed by atoms with van der Waals surface area (Å²) in [5.74, 6) is -0.605. The van der Waals surface area contributed by atoms with Gasteiger partial charge in [-0.3, -0.25) is 9.59 Å². The first-order valence-corrected chi connectivity index (χ1v) is 9.06. The summed E-state index contributed by atoms with van der Waals surface area (Å²) in [6.45, 7) is 0.588. The first-order valence-electron chi connectivity index (χ1n) is 7.92. The number of rotatable bonds is 4. The maximum absolute atomic E-state index is 12.5. The van der Waals surface area contributed by atoms with E-state index in [4.69, 9.17) is 39.5 Å². The Morgan fingerprint density at radius 3 is 2.50 bits per heavy atom. The zero-order valence-electron chi connectivity index (χ0n) is 13.5. The van der Waals surface area contributed by atoms with Crippen molar-refractivity contribution in [3.63, 3.8) is 0 Å². The minimum absolute atomic E-state index is 0.215. The van der Waals surface area contributed by atoms with Gasteiger partial charge in [0.1, 0.15) is 6.10 Å². The van der Waals surface area contributed by atoms with Gasteiger partial charge < -0.3 is 15.4 Å². The van der Waals surface area contributed by atoms with Crippen LogP contribution in [0.5, 0.6) is 0 Å².